The van der Waals surface area contributed by atoms with Crippen molar-refractivity contribution in [3.05, 3.63) is 30.3 Å². The number of hydrogen-bond donors (Lipinski definition) is 0. The van der Waals surface area contributed by atoms with Crippen LogP contribution < -0.4 is 4.90 Å². The van der Waals surface area contributed by atoms with E-state index in [2.05, 4.69) is 47.2 Å². The number of rotatable bonds is 1. The lowest BCUT2D eigenvalue weighted by molar-refractivity contribution is 0.360. The molecule has 0 radical (unpaired) electrons. The van der Waals surface area contributed by atoms with Crippen LogP contribution in [-0.4, -0.2) is 38.1 Å². The van der Waals surface area contributed by atoms with Crippen molar-refractivity contribution in [2.75, 3.05) is 38.1 Å². The molecular weight excluding hydrogens is 172 g/mol. The maximum absolute atomic E-state index is 2.48. The fourth-order valence-corrected chi connectivity index (χ4v) is 1.94. The Balaban J connectivity index is 2.04. The van der Waals surface area contributed by atoms with E-state index in [4.69, 9.17) is 0 Å². The highest BCUT2D eigenvalue weighted by Crippen LogP contribution is 2.14. The Bertz CT molecular complexity index is 271. The summed E-state index contributed by atoms with van der Waals surface area (Å²) in [6.07, 6.45) is 1.27. The quantitative estimate of drug-likeness (QED) is 0.666. The molecule has 1 fully saturated rings. The van der Waals surface area contributed by atoms with E-state index in [0.717, 1.165) is 6.54 Å². The van der Waals surface area contributed by atoms with E-state index in [1.54, 1.807) is 0 Å². The van der Waals surface area contributed by atoms with Crippen LogP contribution in [0.4, 0.5) is 5.69 Å². The van der Waals surface area contributed by atoms with Crippen LogP contribution in [0, 0.1) is 0 Å². The van der Waals surface area contributed by atoms with E-state index >= 15 is 0 Å². The minimum atomic E-state index is 1.15. The van der Waals surface area contributed by atoms with Crippen LogP contribution in [0.2, 0.25) is 0 Å². The summed E-state index contributed by atoms with van der Waals surface area (Å²) in [6.45, 7) is 4.74. The smallest absolute Gasteiger partial charge is 0.0366 e. The molecule has 14 heavy (non-hydrogen) atoms. The molecule has 1 aliphatic heterocycles. The Hall–Kier alpha value is -1.02. The van der Waals surface area contributed by atoms with Gasteiger partial charge in [-0.25, -0.2) is 0 Å². The highest BCUT2D eigenvalue weighted by atomic mass is 15.2. The highest BCUT2D eigenvalue weighted by Gasteiger charge is 2.11. The fourth-order valence-electron chi connectivity index (χ4n) is 1.94. The Morgan fingerprint density at radius 1 is 0.929 bits per heavy atom. The van der Waals surface area contributed by atoms with Gasteiger partial charge in [-0.2, -0.15) is 0 Å². The van der Waals surface area contributed by atoms with E-state index in [1.165, 1.54) is 31.7 Å². The second-order valence-electron chi connectivity index (χ2n) is 3.98. The third kappa shape index (κ3) is 2.26. The van der Waals surface area contributed by atoms with Gasteiger partial charge in [0.1, 0.15) is 0 Å². The molecule has 0 amide bonds. The van der Waals surface area contributed by atoms with E-state index in [-0.39, 0.29) is 0 Å². The number of benzene rings is 1. The van der Waals surface area contributed by atoms with Crippen LogP contribution in [0.15, 0.2) is 30.3 Å². The summed E-state index contributed by atoms with van der Waals surface area (Å²) in [5, 5.41) is 0. The molecule has 1 aliphatic rings. The van der Waals surface area contributed by atoms with Crippen molar-refractivity contribution in [2.24, 2.45) is 0 Å². The summed E-state index contributed by atoms with van der Waals surface area (Å²) in [6, 6.07) is 10.7. The monoisotopic (exact) mass is 190 g/mol. The number of nitrogens with zero attached hydrogens (tertiary/aromatic N) is 2. The van der Waals surface area contributed by atoms with Crippen LogP contribution >= 0.6 is 0 Å². The second kappa shape index (κ2) is 4.47. The molecule has 1 aromatic carbocycles. The molecule has 0 atom stereocenters. The number of para-hydroxylation sites is 1. The molecule has 1 saturated heterocycles. The SMILES string of the molecule is CN1CCCN(c2ccccc2)CC1. The van der Waals surface area contributed by atoms with Gasteiger partial charge >= 0.3 is 0 Å². The van der Waals surface area contributed by atoms with Crippen LogP contribution in [0.25, 0.3) is 0 Å². The van der Waals surface area contributed by atoms with Gasteiger partial charge in [0.25, 0.3) is 0 Å². The zero-order valence-electron chi connectivity index (χ0n) is 8.82. The topological polar surface area (TPSA) is 6.48 Å². The van der Waals surface area contributed by atoms with Gasteiger partial charge in [-0.05, 0) is 32.1 Å². The lowest BCUT2D eigenvalue weighted by atomic mass is 10.3. The van der Waals surface area contributed by atoms with Gasteiger partial charge in [0.2, 0.25) is 0 Å². The normalized spacial score (nSPS) is 19.4. The molecule has 0 N–H and O–H groups in total. The van der Waals surface area contributed by atoms with Gasteiger partial charge in [0.15, 0.2) is 0 Å². The van der Waals surface area contributed by atoms with Gasteiger partial charge in [-0.3, -0.25) is 0 Å². The predicted molar refractivity (Wildman–Crippen MR) is 60.8 cm³/mol. The Morgan fingerprint density at radius 3 is 2.50 bits per heavy atom. The summed E-state index contributed by atoms with van der Waals surface area (Å²) >= 11 is 0. The molecule has 0 aromatic heterocycles. The van der Waals surface area contributed by atoms with Crippen LogP contribution in [-0.2, 0) is 0 Å². The Morgan fingerprint density at radius 2 is 1.71 bits per heavy atom. The molecule has 1 aromatic rings. The van der Waals surface area contributed by atoms with Gasteiger partial charge in [-0.1, -0.05) is 18.2 Å². The van der Waals surface area contributed by atoms with E-state index in [1.807, 2.05) is 0 Å². The zero-order chi connectivity index (χ0) is 9.80. The number of anilines is 1. The van der Waals surface area contributed by atoms with Gasteiger partial charge in [-0.15, -0.1) is 0 Å². The lowest BCUT2D eigenvalue weighted by Gasteiger charge is -2.22. The molecule has 0 saturated carbocycles. The largest absolute Gasteiger partial charge is 0.370 e. The Labute approximate surface area is 86.1 Å². The summed E-state index contributed by atoms with van der Waals surface area (Å²) in [4.78, 5) is 4.88. The molecule has 0 bridgehead atoms. The van der Waals surface area contributed by atoms with Gasteiger partial charge < -0.3 is 9.80 Å². The summed E-state index contributed by atoms with van der Waals surface area (Å²) in [5.41, 5.74) is 1.36. The minimum Gasteiger partial charge on any atom is -0.370 e. The first-order chi connectivity index (χ1) is 6.86. The molecule has 2 heteroatoms. The van der Waals surface area contributed by atoms with Crippen molar-refractivity contribution in [1.29, 1.82) is 0 Å². The minimum absolute atomic E-state index is 1.15. The molecule has 1 heterocycles. The molecule has 2 rings (SSSR count). The fraction of sp³-hybridized carbons (Fsp3) is 0.500. The maximum Gasteiger partial charge on any atom is 0.0366 e. The second-order valence-corrected chi connectivity index (χ2v) is 3.98. The zero-order valence-corrected chi connectivity index (χ0v) is 8.82. The maximum atomic E-state index is 2.48. The van der Waals surface area contributed by atoms with E-state index < -0.39 is 0 Å². The third-order valence-electron chi connectivity index (χ3n) is 2.84. The van der Waals surface area contributed by atoms with Gasteiger partial charge in [0.05, 0.1) is 0 Å². The Kier molecular flexibility index (Phi) is 3.04. The van der Waals surface area contributed by atoms with Gasteiger partial charge in [0, 0.05) is 25.3 Å². The summed E-state index contributed by atoms with van der Waals surface area (Å²) in [5.74, 6) is 0. The first-order valence-electron chi connectivity index (χ1n) is 5.35. The average molecular weight is 190 g/mol. The third-order valence-corrected chi connectivity index (χ3v) is 2.84. The van der Waals surface area contributed by atoms with Crippen molar-refractivity contribution < 1.29 is 0 Å². The summed E-state index contributed by atoms with van der Waals surface area (Å²) in [7, 11) is 2.20. The van der Waals surface area contributed by atoms with Crippen LogP contribution in [0.5, 0.6) is 0 Å². The summed E-state index contributed by atoms with van der Waals surface area (Å²) < 4.78 is 0. The van der Waals surface area contributed by atoms with Crippen molar-refractivity contribution in [1.82, 2.24) is 4.90 Å². The van der Waals surface area contributed by atoms with E-state index in [9.17, 15) is 0 Å². The van der Waals surface area contributed by atoms with Crippen molar-refractivity contribution in [3.8, 4) is 0 Å². The molecule has 0 spiro atoms. The standard InChI is InChI=1S/C12H18N2/c1-13-8-5-9-14(11-10-13)12-6-3-2-4-7-12/h2-4,6-7H,5,8-11H2,1H3. The van der Waals surface area contributed by atoms with E-state index in [0.29, 0.717) is 0 Å². The number of hydrogen-bond acceptors (Lipinski definition) is 2. The predicted octanol–water partition coefficient (Wildman–Crippen LogP) is 1.83. The first kappa shape index (κ1) is 9.53. The average Bonchev–Trinajstić information content (AvgIpc) is 2.44. The molecular formula is C12H18N2. The van der Waals surface area contributed by atoms with Crippen molar-refractivity contribution >= 4 is 5.69 Å². The van der Waals surface area contributed by atoms with Crippen LogP contribution in [0.3, 0.4) is 0 Å². The molecule has 76 valence electrons. The molecule has 0 aliphatic carbocycles. The first-order valence-corrected chi connectivity index (χ1v) is 5.35. The highest BCUT2D eigenvalue weighted by molar-refractivity contribution is 5.45. The van der Waals surface area contributed by atoms with Crippen molar-refractivity contribution in [2.45, 2.75) is 6.42 Å². The van der Waals surface area contributed by atoms with Crippen molar-refractivity contribution in [3.63, 3.8) is 0 Å². The molecule has 2 nitrogen and oxygen atoms in total. The number of likely N-dealkylation sites (N-methyl/N-ethyl adjacent to an activating group) is 1. The van der Waals surface area contributed by atoms with Crippen LogP contribution in [0.1, 0.15) is 6.42 Å². The molecule has 0 unspecified atom stereocenters. The lowest BCUT2D eigenvalue weighted by Crippen LogP contribution is -2.28.